The zero-order valence-corrected chi connectivity index (χ0v) is 6.64. The molecule has 0 amide bonds. The summed E-state index contributed by atoms with van der Waals surface area (Å²) in [6, 6.07) is 0. The molecule has 2 rings (SSSR count). The lowest BCUT2D eigenvalue weighted by molar-refractivity contribution is 0.574. The molecular weight excluding hydrogens is 170 g/mol. The van der Waals surface area contributed by atoms with Crippen LogP contribution in [0.3, 0.4) is 0 Å². The zero-order valence-electron chi connectivity index (χ0n) is 6.64. The number of nitrogens with zero attached hydrogens (tertiary/aromatic N) is 3. The van der Waals surface area contributed by atoms with Gasteiger partial charge in [-0.3, -0.25) is 5.32 Å². The van der Waals surface area contributed by atoms with Crippen LogP contribution in [-0.2, 0) is 0 Å². The van der Waals surface area contributed by atoms with Crippen molar-refractivity contribution in [2.75, 3.05) is 11.1 Å². The van der Waals surface area contributed by atoms with E-state index in [4.69, 9.17) is 10.2 Å². The molecule has 0 radical (unpaired) electrons. The fraction of sp³-hybridized carbons (Fsp3) is 0. The molecule has 0 aliphatic rings. The Balaban J connectivity index is 2.15. The molecule has 13 heavy (non-hydrogen) atoms. The van der Waals surface area contributed by atoms with Crippen LogP contribution in [0.4, 0.5) is 17.5 Å². The average Bonchev–Trinajstić information content (AvgIpc) is 2.62. The standard InChI is InChI=1S/C7H7N5O/c8-5-1-10-7(11-2-5)12-6-3-9-4-13-6/h1-4H,8H2,(H,10,11,12). The van der Waals surface area contributed by atoms with Crippen LogP contribution < -0.4 is 11.1 Å². The van der Waals surface area contributed by atoms with Gasteiger partial charge in [-0.25, -0.2) is 15.0 Å². The van der Waals surface area contributed by atoms with E-state index in [2.05, 4.69) is 20.3 Å². The highest BCUT2D eigenvalue weighted by atomic mass is 16.4. The molecule has 0 aliphatic heterocycles. The number of hydrogen-bond donors (Lipinski definition) is 2. The first kappa shape index (κ1) is 7.53. The average molecular weight is 177 g/mol. The third-order valence-corrected chi connectivity index (χ3v) is 1.34. The molecule has 66 valence electrons. The molecule has 6 heteroatoms. The molecule has 6 nitrogen and oxygen atoms in total. The Morgan fingerprint density at radius 1 is 1.23 bits per heavy atom. The van der Waals surface area contributed by atoms with Crippen molar-refractivity contribution < 1.29 is 4.42 Å². The van der Waals surface area contributed by atoms with E-state index in [-0.39, 0.29) is 0 Å². The van der Waals surface area contributed by atoms with Crippen LogP contribution in [0.15, 0.2) is 29.4 Å². The minimum atomic E-state index is 0.422. The third kappa shape index (κ3) is 1.73. The Kier molecular flexibility index (Phi) is 1.79. The van der Waals surface area contributed by atoms with Crippen molar-refractivity contribution >= 4 is 17.5 Å². The van der Waals surface area contributed by atoms with Gasteiger partial charge in [-0.15, -0.1) is 0 Å². The monoisotopic (exact) mass is 177 g/mol. The molecule has 0 aliphatic carbocycles. The summed E-state index contributed by atoms with van der Waals surface area (Å²) in [6.45, 7) is 0. The molecule has 2 heterocycles. The van der Waals surface area contributed by atoms with Gasteiger partial charge < -0.3 is 10.2 Å². The molecule has 0 atom stereocenters. The van der Waals surface area contributed by atoms with E-state index in [1.165, 1.54) is 25.0 Å². The summed E-state index contributed by atoms with van der Waals surface area (Å²) in [7, 11) is 0. The van der Waals surface area contributed by atoms with Gasteiger partial charge in [0.25, 0.3) is 0 Å². The molecule has 0 spiro atoms. The fourth-order valence-electron chi connectivity index (χ4n) is 0.790. The van der Waals surface area contributed by atoms with Crippen molar-refractivity contribution in [2.45, 2.75) is 0 Å². The van der Waals surface area contributed by atoms with E-state index in [0.29, 0.717) is 17.5 Å². The number of hydrogen-bond acceptors (Lipinski definition) is 6. The maximum atomic E-state index is 5.41. The van der Waals surface area contributed by atoms with Gasteiger partial charge in [0.05, 0.1) is 24.3 Å². The van der Waals surface area contributed by atoms with Gasteiger partial charge in [0.15, 0.2) is 6.39 Å². The van der Waals surface area contributed by atoms with Gasteiger partial charge in [0.1, 0.15) is 0 Å². The van der Waals surface area contributed by atoms with Crippen LogP contribution >= 0.6 is 0 Å². The second-order valence-electron chi connectivity index (χ2n) is 2.33. The van der Waals surface area contributed by atoms with Gasteiger partial charge >= 0.3 is 0 Å². The number of aromatic nitrogens is 3. The van der Waals surface area contributed by atoms with E-state index >= 15 is 0 Å². The zero-order chi connectivity index (χ0) is 9.10. The first-order valence-electron chi connectivity index (χ1n) is 3.57. The van der Waals surface area contributed by atoms with Gasteiger partial charge in [0, 0.05) is 0 Å². The number of anilines is 3. The van der Waals surface area contributed by atoms with Crippen molar-refractivity contribution in [1.29, 1.82) is 0 Å². The Bertz CT molecular complexity index is 368. The summed E-state index contributed by atoms with van der Waals surface area (Å²) >= 11 is 0. The lowest BCUT2D eigenvalue weighted by Crippen LogP contribution is -1.96. The molecular formula is C7H7N5O. The first-order chi connectivity index (χ1) is 6.34. The summed E-state index contributed by atoms with van der Waals surface area (Å²) in [5.41, 5.74) is 5.93. The Labute approximate surface area is 73.8 Å². The Morgan fingerprint density at radius 2 is 2.00 bits per heavy atom. The molecule has 0 saturated heterocycles. The summed E-state index contributed by atoms with van der Waals surface area (Å²) in [6.07, 6.45) is 5.86. The van der Waals surface area contributed by atoms with Crippen molar-refractivity contribution in [1.82, 2.24) is 15.0 Å². The Hall–Kier alpha value is -2.11. The SMILES string of the molecule is Nc1cnc(Nc2cnco2)nc1. The lowest BCUT2D eigenvalue weighted by atomic mass is 10.6. The fourth-order valence-corrected chi connectivity index (χ4v) is 0.790. The van der Waals surface area contributed by atoms with E-state index in [0.717, 1.165) is 0 Å². The predicted octanol–water partition coefficient (Wildman–Crippen LogP) is 0.790. The minimum Gasteiger partial charge on any atom is -0.428 e. The van der Waals surface area contributed by atoms with E-state index in [1.807, 2.05) is 0 Å². The van der Waals surface area contributed by atoms with E-state index in [1.54, 1.807) is 0 Å². The van der Waals surface area contributed by atoms with E-state index < -0.39 is 0 Å². The van der Waals surface area contributed by atoms with Crippen LogP contribution in [0.2, 0.25) is 0 Å². The van der Waals surface area contributed by atoms with Crippen LogP contribution in [0, 0.1) is 0 Å². The smallest absolute Gasteiger partial charge is 0.229 e. The topological polar surface area (TPSA) is 89.9 Å². The summed E-state index contributed by atoms with van der Waals surface area (Å²) in [5, 5.41) is 2.80. The van der Waals surface area contributed by atoms with Crippen LogP contribution in [0.5, 0.6) is 0 Å². The predicted molar refractivity (Wildman–Crippen MR) is 46.2 cm³/mol. The second-order valence-corrected chi connectivity index (χ2v) is 2.33. The Morgan fingerprint density at radius 3 is 2.62 bits per heavy atom. The molecule has 0 aromatic carbocycles. The molecule has 2 aromatic heterocycles. The quantitative estimate of drug-likeness (QED) is 0.704. The molecule has 0 unspecified atom stereocenters. The maximum Gasteiger partial charge on any atom is 0.229 e. The van der Waals surface area contributed by atoms with Gasteiger partial charge in [-0.2, -0.15) is 0 Å². The molecule has 0 bridgehead atoms. The van der Waals surface area contributed by atoms with Crippen molar-refractivity contribution in [2.24, 2.45) is 0 Å². The van der Waals surface area contributed by atoms with Crippen LogP contribution in [-0.4, -0.2) is 15.0 Å². The number of oxazole rings is 1. The lowest BCUT2D eigenvalue weighted by Gasteiger charge is -1.98. The molecule has 3 N–H and O–H groups in total. The number of rotatable bonds is 2. The van der Waals surface area contributed by atoms with Crippen LogP contribution in [0.1, 0.15) is 0 Å². The maximum absolute atomic E-state index is 5.41. The summed E-state index contributed by atoms with van der Waals surface area (Å²) < 4.78 is 4.93. The van der Waals surface area contributed by atoms with Gasteiger partial charge in [-0.1, -0.05) is 0 Å². The number of nitrogens with one attached hydrogen (secondary N) is 1. The second kappa shape index (κ2) is 3.10. The highest BCUT2D eigenvalue weighted by Crippen LogP contribution is 2.10. The van der Waals surface area contributed by atoms with Crippen molar-refractivity contribution in [3.63, 3.8) is 0 Å². The third-order valence-electron chi connectivity index (χ3n) is 1.34. The summed E-state index contributed by atoms with van der Waals surface area (Å²) in [4.78, 5) is 11.6. The summed E-state index contributed by atoms with van der Waals surface area (Å²) in [5.74, 6) is 0.913. The highest BCUT2D eigenvalue weighted by Gasteiger charge is 1.98. The molecule has 2 aromatic rings. The molecule has 0 fully saturated rings. The number of nitrogens with two attached hydrogens (primary N) is 1. The van der Waals surface area contributed by atoms with Gasteiger partial charge in [0.2, 0.25) is 11.8 Å². The highest BCUT2D eigenvalue weighted by molar-refractivity contribution is 5.45. The van der Waals surface area contributed by atoms with Gasteiger partial charge in [-0.05, 0) is 0 Å². The molecule has 0 saturated carbocycles. The van der Waals surface area contributed by atoms with Crippen molar-refractivity contribution in [3.8, 4) is 0 Å². The van der Waals surface area contributed by atoms with Crippen molar-refractivity contribution in [3.05, 3.63) is 25.0 Å². The number of nitrogen functional groups attached to an aromatic ring is 1. The first-order valence-corrected chi connectivity index (χ1v) is 3.57. The normalized spacial score (nSPS) is 9.85. The van der Waals surface area contributed by atoms with Crippen LogP contribution in [0.25, 0.3) is 0 Å². The largest absolute Gasteiger partial charge is 0.428 e. The minimum absolute atomic E-state index is 0.422. The van der Waals surface area contributed by atoms with E-state index in [9.17, 15) is 0 Å².